The summed E-state index contributed by atoms with van der Waals surface area (Å²) in [7, 11) is 1.52. The fourth-order valence-electron chi connectivity index (χ4n) is 2.48. The van der Waals surface area contributed by atoms with Gasteiger partial charge < -0.3 is 13.7 Å². The van der Waals surface area contributed by atoms with Gasteiger partial charge in [0.2, 0.25) is 0 Å². The highest BCUT2D eigenvalue weighted by Crippen LogP contribution is 2.20. The maximum atomic E-state index is 12.1. The van der Waals surface area contributed by atoms with Gasteiger partial charge in [-0.25, -0.2) is 4.79 Å². The molecular formula is C16H12N4O4. The molecule has 0 aliphatic heterocycles. The molecule has 8 nitrogen and oxygen atoms in total. The minimum absolute atomic E-state index is 0.0731. The van der Waals surface area contributed by atoms with Crippen LogP contribution >= 0.6 is 0 Å². The Morgan fingerprint density at radius 2 is 2.21 bits per heavy atom. The highest BCUT2D eigenvalue weighted by molar-refractivity contribution is 5.88. The second-order valence-corrected chi connectivity index (χ2v) is 5.16. The van der Waals surface area contributed by atoms with E-state index in [0.717, 1.165) is 11.6 Å². The first kappa shape index (κ1) is 15.3. The van der Waals surface area contributed by atoms with Crippen LogP contribution in [0.3, 0.4) is 0 Å². The molecule has 0 aromatic carbocycles. The molecule has 0 saturated carbocycles. The predicted octanol–water partition coefficient (Wildman–Crippen LogP) is 2.41. The van der Waals surface area contributed by atoms with Gasteiger partial charge >= 0.3 is 5.97 Å². The third-order valence-corrected chi connectivity index (χ3v) is 3.64. The van der Waals surface area contributed by atoms with Crippen LogP contribution in [0.1, 0.15) is 21.6 Å². The largest absolute Gasteiger partial charge is 0.456 e. The van der Waals surface area contributed by atoms with Crippen LogP contribution in [0.5, 0.6) is 0 Å². The first-order valence-corrected chi connectivity index (χ1v) is 6.98. The number of ether oxygens (including phenoxy) is 1. The molecule has 0 aliphatic carbocycles. The maximum Gasteiger partial charge on any atom is 0.355 e. The van der Waals surface area contributed by atoms with E-state index in [9.17, 15) is 20.2 Å². The average Bonchev–Trinajstić information content (AvgIpc) is 3.12. The molecule has 3 aromatic rings. The number of nitriles is 1. The van der Waals surface area contributed by atoms with Crippen LogP contribution in [0.15, 0.2) is 42.9 Å². The van der Waals surface area contributed by atoms with E-state index < -0.39 is 10.9 Å². The number of esters is 1. The fourth-order valence-corrected chi connectivity index (χ4v) is 2.48. The topological polar surface area (TPSA) is 103 Å². The van der Waals surface area contributed by atoms with Crippen molar-refractivity contribution in [2.75, 3.05) is 0 Å². The molecule has 24 heavy (non-hydrogen) atoms. The first-order valence-electron chi connectivity index (χ1n) is 6.98. The van der Waals surface area contributed by atoms with Crippen LogP contribution in [0.4, 0.5) is 5.69 Å². The van der Waals surface area contributed by atoms with Gasteiger partial charge in [-0.05, 0) is 12.1 Å². The van der Waals surface area contributed by atoms with Crippen LogP contribution in [0.2, 0.25) is 0 Å². The second kappa shape index (κ2) is 5.89. The number of carbonyl (C=O) groups excluding carboxylic acids is 1. The van der Waals surface area contributed by atoms with Crippen LogP contribution in [-0.2, 0) is 18.4 Å². The number of nitrogens with zero attached hydrogens (tertiary/aromatic N) is 4. The third-order valence-electron chi connectivity index (χ3n) is 3.64. The molecule has 0 radical (unpaired) electrons. The van der Waals surface area contributed by atoms with Gasteiger partial charge in [-0.3, -0.25) is 10.1 Å². The van der Waals surface area contributed by atoms with Crippen LogP contribution in [-0.4, -0.2) is 19.9 Å². The number of hydrogen-bond donors (Lipinski definition) is 0. The Morgan fingerprint density at radius 3 is 2.88 bits per heavy atom. The quantitative estimate of drug-likeness (QED) is 0.416. The molecule has 3 heterocycles. The zero-order valence-electron chi connectivity index (χ0n) is 12.7. The molecule has 8 heteroatoms. The lowest BCUT2D eigenvalue weighted by Gasteiger charge is -2.04. The van der Waals surface area contributed by atoms with Gasteiger partial charge in [-0.2, -0.15) is 5.26 Å². The summed E-state index contributed by atoms with van der Waals surface area (Å²) in [6, 6.07) is 8.70. The summed E-state index contributed by atoms with van der Waals surface area (Å²) in [4.78, 5) is 22.3. The second-order valence-electron chi connectivity index (χ2n) is 5.16. The number of rotatable bonds is 4. The summed E-state index contributed by atoms with van der Waals surface area (Å²) in [5.74, 6) is -0.690. The van der Waals surface area contributed by atoms with Crippen molar-refractivity contribution >= 4 is 17.2 Å². The Kier molecular flexibility index (Phi) is 3.75. The average molecular weight is 324 g/mol. The van der Waals surface area contributed by atoms with Crippen molar-refractivity contribution in [2.24, 2.45) is 7.05 Å². The zero-order chi connectivity index (χ0) is 17.3. The van der Waals surface area contributed by atoms with E-state index in [0.29, 0.717) is 11.1 Å². The molecule has 0 spiro atoms. The molecule has 0 aliphatic rings. The van der Waals surface area contributed by atoms with E-state index in [1.807, 2.05) is 12.1 Å². The number of aryl methyl sites for hydroxylation is 1. The lowest BCUT2D eigenvalue weighted by atomic mass is 10.2. The molecule has 0 N–H and O–H groups in total. The lowest BCUT2D eigenvalue weighted by Crippen LogP contribution is -2.09. The number of aromatic nitrogens is 2. The van der Waals surface area contributed by atoms with Crippen molar-refractivity contribution in [3.8, 4) is 6.07 Å². The van der Waals surface area contributed by atoms with E-state index in [1.54, 1.807) is 22.9 Å². The monoisotopic (exact) mass is 324 g/mol. The molecule has 0 amide bonds. The van der Waals surface area contributed by atoms with E-state index in [1.165, 1.54) is 17.8 Å². The summed E-state index contributed by atoms with van der Waals surface area (Å²) >= 11 is 0. The highest BCUT2D eigenvalue weighted by Gasteiger charge is 2.19. The van der Waals surface area contributed by atoms with Crippen molar-refractivity contribution in [1.82, 2.24) is 8.97 Å². The van der Waals surface area contributed by atoms with Crippen molar-refractivity contribution in [2.45, 2.75) is 6.61 Å². The summed E-state index contributed by atoms with van der Waals surface area (Å²) in [5, 5.41) is 20.1. The normalized spacial score (nSPS) is 10.5. The van der Waals surface area contributed by atoms with Crippen LogP contribution in [0, 0.1) is 21.4 Å². The molecule has 0 fully saturated rings. The Morgan fingerprint density at radius 1 is 1.42 bits per heavy atom. The van der Waals surface area contributed by atoms with E-state index >= 15 is 0 Å². The standard InChI is InChI=1S/C16H12N4O4/c1-18-9-12(20(22)23)6-15(18)16(21)24-10-11-8-19-5-3-2-4-14(19)13(11)7-17/h2-6,8-9H,10H2,1H3. The van der Waals surface area contributed by atoms with Crippen molar-refractivity contribution in [1.29, 1.82) is 5.26 Å². The minimum atomic E-state index is -0.690. The summed E-state index contributed by atoms with van der Waals surface area (Å²) in [5.41, 5.74) is 1.61. The molecule has 0 saturated heterocycles. The first-order chi connectivity index (χ1) is 11.5. The molecular weight excluding hydrogens is 312 g/mol. The lowest BCUT2D eigenvalue weighted by molar-refractivity contribution is -0.384. The highest BCUT2D eigenvalue weighted by atomic mass is 16.6. The van der Waals surface area contributed by atoms with Gasteiger partial charge in [0.25, 0.3) is 5.69 Å². The van der Waals surface area contributed by atoms with E-state index in [4.69, 9.17) is 4.74 Å². The van der Waals surface area contributed by atoms with Crippen LogP contribution in [0.25, 0.3) is 5.52 Å². The number of nitro groups is 1. The summed E-state index contributed by atoms with van der Waals surface area (Å²) in [6.45, 7) is -0.0949. The molecule has 0 bridgehead atoms. The smallest absolute Gasteiger partial charge is 0.355 e. The molecule has 0 unspecified atom stereocenters. The predicted molar refractivity (Wildman–Crippen MR) is 83.3 cm³/mol. The number of hydrogen-bond acceptors (Lipinski definition) is 5. The maximum absolute atomic E-state index is 12.1. The molecule has 3 aromatic heterocycles. The van der Waals surface area contributed by atoms with Gasteiger partial charge in [0.05, 0.1) is 22.2 Å². The number of carbonyl (C=O) groups is 1. The van der Waals surface area contributed by atoms with Gasteiger partial charge in [0, 0.05) is 31.1 Å². The van der Waals surface area contributed by atoms with Crippen molar-refractivity contribution in [3.05, 3.63) is 69.8 Å². The zero-order valence-corrected chi connectivity index (χ0v) is 12.7. The van der Waals surface area contributed by atoms with E-state index in [2.05, 4.69) is 6.07 Å². The molecule has 3 rings (SSSR count). The third kappa shape index (κ3) is 2.59. The number of pyridine rings is 1. The Labute approximate surface area is 136 Å². The van der Waals surface area contributed by atoms with Gasteiger partial charge in [-0.1, -0.05) is 6.07 Å². The SMILES string of the molecule is Cn1cc([N+](=O)[O-])cc1C(=O)OCc1cn2ccccc2c1C#N. The van der Waals surface area contributed by atoms with Gasteiger partial charge in [0.15, 0.2) is 0 Å². The van der Waals surface area contributed by atoms with Gasteiger partial charge in [-0.15, -0.1) is 0 Å². The number of fused-ring (bicyclic) bond motifs is 1. The Hall–Kier alpha value is -3.60. The van der Waals surface area contributed by atoms with Crippen molar-refractivity contribution in [3.63, 3.8) is 0 Å². The summed E-state index contributed by atoms with van der Waals surface area (Å²) in [6.07, 6.45) is 4.75. The summed E-state index contributed by atoms with van der Waals surface area (Å²) < 4.78 is 8.32. The fraction of sp³-hybridized carbons (Fsp3) is 0.125. The van der Waals surface area contributed by atoms with Gasteiger partial charge in [0.1, 0.15) is 18.4 Å². The Bertz CT molecular complexity index is 993. The van der Waals surface area contributed by atoms with Crippen LogP contribution < -0.4 is 0 Å². The Balaban J connectivity index is 1.82. The molecule has 120 valence electrons. The minimum Gasteiger partial charge on any atom is -0.456 e. The van der Waals surface area contributed by atoms with E-state index in [-0.39, 0.29) is 18.0 Å². The molecule has 0 atom stereocenters. The van der Waals surface area contributed by atoms with Crippen molar-refractivity contribution < 1.29 is 14.5 Å².